The first kappa shape index (κ1) is 12.8. The number of carbonyl (C=O) groups is 2. The molecule has 1 aliphatic rings. The van der Waals surface area contributed by atoms with Gasteiger partial charge < -0.3 is 10.6 Å². The average Bonchev–Trinajstić information content (AvgIpc) is 2.76. The van der Waals surface area contributed by atoms with Gasteiger partial charge in [-0.2, -0.15) is 0 Å². The highest BCUT2D eigenvalue weighted by atomic mass is 16.2. The van der Waals surface area contributed by atoms with Crippen molar-refractivity contribution in [3.8, 4) is 0 Å². The Morgan fingerprint density at radius 2 is 2.17 bits per heavy atom. The molecule has 1 amide bonds. The van der Waals surface area contributed by atoms with Crippen molar-refractivity contribution >= 4 is 17.4 Å². The average molecular weight is 246 g/mol. The van der Waals surface area contributed by atoms with E-state index in [1.807, 2.05) is 0 Å². The number of amides is 1. The van der Waals surface area contributed by atoms with Crippen molar-refractivity contribution in [1.29, 1.82) is 0 Å². The Bertz CT molecular complexity index is 471. The Morgan fingerprint density at radius 3 is 2.78 bits per heavy atom. The third kappa shape index (κ3) is 2.76. The Labute approximate surface area is 107 Å². The third-order valence-corrected chi connectivity index (χ3v) is 3.35. The van der Waals surface area contributed by atoms with Gasteiger partial charge in [0.2, 0.25) is 5.91 Å². The van der Waals surface area contributed by atoms with Gasteiger partial charge >= 0.3 is 0 Å². The molecule has 0 radical (unpaired) electrons. The molecule has 2 N–H and O–H groups in total. The van der Waals surface area contributed by atoms with Crippen LogP contribution in [0.25, 0.3) is 0 Å². The normalized spacial score (nSPS) is 22.8. The number of hydrogen-bond donors (Lipinski definition) is 2. The van der Waals surface area contributed by atoms with Crippen molar-refractivity contribution in [2.24, 2.45) is 5.92 Å². The summed E-state index contributed by atoms with van der Waals surface area (Å²) in [5.41, 5.74) is 1.29. The lowest BCUT2D eigenvalue weighted by molar-refractivity contribution is -0.118. The monoisotopic (exact) mass is 246 g/mol. The lowest BCUT2D eigenvalue weighted by atomic mass is 10.0. The molecule has 2 atom stereocenters. The van der Waals surface area contributed by atoms with Crippen LogP contribution in [-0.2, 0) is 4.79 Å². The molecule has 1 aromatic carbocycles. The lowest BCUT2D eigenvalue weighted by Gasteiger charge is -2.15. The van der Waals surface area contributed by atoms with Gasteiger partial charge in [-0.25, -0.2) is 0 Å². The molecule has 0 bridgehead atoms. The number of benzene rings is 1. The quantitative estimate of drug-likeness (QED) is 0.800. The van der Waals surface area contributed by atoms with Gasteiger partial charge in [0.25, 0.3) is 0 Å². The van der Waals surface area contributed by atoms with Crippen LogP contribution in [0.1, 0.15) is 30.6 Å². The van der Waals surface area contributed by atoms with Gasteiger partial charge in [0, 0.05) is 11.3 Å². The molecule has 1 heterocycles. The molecule has 2 unspecified atom stereocenters. The molecule has 0 saturated carbocycles. The van der Waals surface area contributed by atoms with Crippen LogP contribution in [0.2, 0.25) is 0 Å². The molecule has 1 aliphatic heterocycles. The van der Waals surface area contributed by atoms with Crippen molar-refractivity contribution in [2.75, 3.05) is 11.9 Å². The van der Waals surface area contributed by atoms with Crippen molar-refractivity contribution in [1.82, 2.24) is 5.32 Å². The Balaban J connectivity index is 2.07. The van der Waals surface area contributed by atoms with E-state index in [1.165, 1.54) is 6.92 Å². The molecule has 1 saturated heterocycles. The number of nitrogens with one attached hydrogen (secondary N) is 2. The second kappa shape index (κ2) is 5.31. The van der Waals surface area contributed by atoms with Crippen molar-refractivity contribution in [3.05, 3.63) is 29.8 Å². The van der Waals surface area contributed by atoms with Crippen LogP contribution in [0, 0.1) is 5.92 Å². The van der Waals surface area contributed by atoms with E-state index in [4.69, 9.17) is 0 Å². The molecule has 4 nitrogen and oxygen atoms in total. The highest BCUT2D eigenvalue weighted by molar-refractivity contribution is 5.98. The molecule has 2 rings (SSSR count). The van der Waals surface area contributed by atoms with Crippen molar-refractivity contribution in [2.45, 2.75) is 26.3 Å². The largest absolute Gasteiger partial charge is 0.325 e. The first-order chi connectivity index (χ1) is 8.58. The summed E-state index contributed by atoms with van der Waals surface area (Å²) in [6.07, 6.45) is 1.02. The highest BCUT2D eigenvalue weighted by Crippen LogP contribution is 2.17. The van der Waals surface area contributed by atoms with E-state index in [1.54, 1.807) is 24.3 Å². The second-order valence-corrected chi connectivity index (χ2v) is 4.82. The van der Waals surface area contributed by atoms with Crippen molar-refractivity contribution in [3.63, 3.8) is 0 Å². The van der Waals surface area contributed by atoms with E-state index in [2.05, 4.69) is 17.6 Å². The number of anilines is 1. The fourth-order valence-electron chi connectivity index (χ4n) is 2.22. The van der Waals surface area contributed by atoms with Crippen LogP contribution in [0.3, 0.4) is 0 Å². The van der Waals surface area contributed by atoms with Gasteiger partial charge in [-0.1, -0.05) is 19.1 Å². The smallest absolute Gasteiger partial charge is 0.241 e. The van der Waals surface area contributed by atoms with Crippen LogP contribution in [0.5, 0.6) is 0 Å². The maximum absolute atomic E-state index is 12.0. The summed E-state index contributed by atoms with van der Waals surface area (Å²) >= 11 is 0. The molecule has 4 heteroatoms. The summed E-state index contributed by atoms with van der Waals surface area (Å²) in [6.45, 7) is 4.46. The van der Waals surface area contributed by atoms with E-state index < -0.39 is 0 Å². The minimum atomic E-state index is -0.133. The van der Waals surface area contributed by atoms with Gasteiger partial charge in [-0.3, -0.25) is 9.59 Å². The van der Waals surface area contributed by atoms with Gasteiger partial charge in [0.1, 0.15) is 0 Å². The number of rotatable bonds is 3. The predicted octanol–water partition coefficient (Wildman–Crippen LogP) is 1.83. The highest BCUT2D eigenvalue weighted by Gasteiger charge is 2.29. The predicted molar refractivity (Wildman–Crippen MR) is 70.6 cm³/mol. The first-order valence-electron chi connectivity index (χ1n) is 6.23. The Kier molecular flexibility index (Phi) is 3.77. The summed E-state index contributed by atoms with van der Waals surface area (Å²) in [5.74, 6) is 0.320. The SMILES string of the molecule is CC(=O)c1cccc(NC(=O)C2NCCC2C)c1. The summed E-state index contributed by atoms with van der Waals surface area (Å²) in [7, 11) is 0. The molecule has 1 aromatic rings. The van der Waals surface area contributed by atoms with Crippen LogP contribution in [-0.4, -0.2) is 24.3 Å². The van der Waals surface area contributed by atoms with Gasteiger partial charge in [0.15, 0.2) is 5.78 Å². The summed E-state index contributed by atoms with van der Waals surface area (Å²) in [5, 5.41) is 6.04. The minimum absolute atomic E-state index is 0.00143. The Morgan fingerprint density at radius 1 is 1.39 bits per heavy atom. The summed E-state index contributed by atoms with van der Waals surface area (Å²) < 4.78 is 0. The zero-order valence-corrected chi connectivity index (χ0v) is 10.7. The van der Waals surface area contributed by atoms with Crippen molar-refractivity contribution < 1.29 is 9.59 Å². The van der Waals surface area contributed by atoms with E-state index in [0.29, 0.717) is 17.2 Å². The van der Waals surface area contributed by atoms with Crippen LogP contribution in [0.15, 0.2) is 24.3 Å². The molecule has 0 aromatic heterocycles. The van der Waals surface area contributed by atoms with E-state index in [9.17, 15) is 9.59 Å². The van der Waals surface area contributed by atoms with Crippen LogP contribution < -0.4 is 10.6 Å². The summed E-state index contributed by atoms with van der Waals surface area (Å²) in [6, 6.07) is 6.89. The van der Waals surface area contributed by atoms with E-state index >= 15 is 0 Å². The first-order valence-corrected chi connectivity index (χ1v) is 6.23. The van der Waals surface area contributed by atoms with Gasteiger partial charge in [-0.05, 0) is 37.9 Å². The Hall–Kier alpha value is -1.68. The fourth-order valence-corrected chi connectivity index (χ4v) is 2.22. The zero-order valence-electron chi connectivity index (χ0n) is 10.7. The van der Waals surface area contributed by atoms with Crippen LogP contribution >= 0.6 is 0 Å². The topological polar surface area (TPSA) is 58.2 Å². The zero-order chi connectivity index (χ0) is 13.1. The number of carbonyl (C=O) groups excluding carboxylic acids is 2. The third-order valence-electron chi connectivity index (χ3n) is 3.35. The minimum Gasteiger partial charge on any atom is -0.325 e. The molecule has 96 valence electrons. The fraction of sp³-hybridized carbons (Fsp3) is 0.429. The summed E-state index contributed by atoms with van der Waals surface area (Å²) in [4.78, 5) is 23.3. The van der Waals surface area contributed by atoms with Gasteiger partial charge in [0.05, 0.1) is 6.04 Å². The van der Waals surface area contributed by atoms with E-state index in [-0.39, 0.29) is 17.7 Å². The van der Waals surface area contributed by atoms with Gasteiger partial charge in [-0.15, -0.1) is 0 Å². The number of Topliss-reactive ketones (excluding diaryl/α,β-unsaturated/α-hetero) is 1. The lowest BCUT2D eigenvalue weighted by Crippen LogP contribution is -2.39. The molecule has 18 heavy (non-hydrogen) atoms. The molecule has 0 spiro atoms. The van der Waals surface area contributed by atoms with E-state index in [0.717, 1.165) is 13.0 Å². The van der Waals surface area contributed by atoms with Crippen LogP contribution in [0.4, 0.5) is 5.69 Å². The standard InChI is InChI=1S/C14H18N2O2/c1-9-6-7-15-13(9)14(18)16-12-5-3-4-11(8-12)10(2)17/h3-5,8-9,13,15H,6-7H2,1-2H3,(H,16,18). The molecular formula is C14H18N2O2. The maximum atomic E-state index is 12.0. The number of hydrogen-bond acceptors (Lipinski definition) is 3. The second-order valence-electron chi connectivity index (χ2n) is 4.82. The molecule has 1 fully saturated rings. The maximum Gasteiger partial charge on any atom is 0.241 e. The molecular weight excluding hydrogens is 228 g/mol. The number of ketones is 1. The molecule has 0 aliphatic carbocycles.